The van der Waals surface area contributed by atoms with Gasteiger partial charge in [-0.05, 0) is 83.8 Å². The average molecular weight is 481 g/mol. The molecule has 25 heavy (non-hydrogen) atoms. The molecule has 0 spiro atoms. The number of benzene rings is 1. The summed E-state index contributed by atoms with van der Waals surface area (Å²) in [5.74, 6) is 0.377. The van der Waals surface area contributed by atoms with Gasteiger partial charge in [0.15, 0.2) is 5.11 Å². The molecule has 0 aliphatic heterocycles. The first kappa shape index (κ1) is 18.3. The van der Waals surface area contributed by atoms with Crippen molar-refractivity contribution < 1.29 is 4.79 Å². The number of fused-ring (bicyclic) bond motifs is 1. The van der Waals surface area contributed by atoms with Crippen molar-refractivity contribution >= 4 is 62.2 Å². The summed E-state index contributed by atoms with van der Waals surface area (Å²) in [6.07, 6.45) is 3.03. The monoisotopic (exact) mass is 481 g/mol. The number of anilines is 1. The maximum atomic E-state index is 12.3. The van der Waals surface area contributed by atoms with Crippen molar-refractivity contribution in [2.24, 2.45) is 5.92 Å². The van der Waals surface area contributed by atoms with Crippen LogP contribution in [0.5, 0.6) is 0 Å². The van der Waals surface area contributed by atoms with E-state index in [-0.39, 0.29) is 11.0 Å². The molecule has 0 unspecified atom stereocenters. The zero-order valence-electron chi connectivity index (χ0n) is 13.6. The van der Waals surface area contributed by atoms with E-state index in [1.54, 1.807) is 23.5 Å². The minimum Gasteiger partial charge on any atom is -0.323 e. The van der Waals surface area contributed by atoms with Gasteiger partial charge in [0.05, 0.1) is 5.56 Å². The van der Waals surface area contributed by atoms with Gasteiger partial charge in [-0.1, -0.05) is 13.0 Å². The number of carbonyl (C=O) groups excluding carboxylic acids is 1. The third kappa shape index (κ3) is 4.19. The SMILES string of the molecule is C[C@@H]1CCc2c(sc(NC(=S)NC(=O)c3cccc(I)c3)c2C#N)C1. The van der Waals surface area contributed by atoms with Gasteiger partial charge in [0.2, 0.25) is 0 Å². The Kier molecular flexibility index (Phi) is 5.71. The maximum Gasteiger partial charge on any atom is 0.257 e. The quantitative estimate of drug-likeness (QED) is 0.491. The molecule has 4 nitrogen and oxygen atoms in total. The summed E-state index contributed by atoms with van der Waals surface area (Å²) in [5, 5.41) is 16.2. The van der Waals surface area contributed by atoms with Crippen molar-refractivity contribution in [1.82, 2.24) is 5.32 Å². The highest BCUT2D eigenvalue weighted by molar-refractivity contribution is 14.1. The fourth-order valence-corrected chi connectivity index (χ4v) is 5.06. The molecule has 1 atom stereocenters. The number of hydrogen-bond acceptors (Lipinski definition) is 4. The predicted octanol–water partition coefficient (Wildman–Crippen LogP) is 4.48. The standard InChI is InChI=1S/C18H16IN3OS2/c1-10-5-6-13-14(9-20)17(25-15(13)7-10)22-18(24)21-16(23)11-3-2-4-12(19)8-11/h2-4,8,10H,5-7H2,1H3,(H2,21,22,23,24)/t10-/m1/s1. The van der Waals surface area contributed by atoms with Gasteiger partial charge in [0.1, 0.15) is 11.1 Å². The predicted molar refractivity (Wildman–Crippen MR) is 113 cm³/mol. The van der Waals surface area contributed by atoms with Crippen molar-refractivity contribution in [2.45, 2.75) is 26.2 Å². The van der Waals surface area contributed by atoms with E-state index in [2.05, 4.69) is 46.2 Å². The van der Waals surface area contributed by atoms with Gasteiger partial charge < -0.3 is 5.32 Å². The van der Waals surface area contributed by atoms with Crippen LogP contribution in [0.3, 0.4) is 0 Å². The molecule has 1 heterocycles. The third-order valence-corrected chi connectivity index (χ3v) is 6.21. The van der Waals surface area contributed by atoms with E-state index in [4.69, 9.17) is 12.2 Å². The minimum atomic E-state index is -0.260. The number of nitrogens with zero attached hydrogens (tertiary/aromatic N) is 1. The Morgan fingerprint density at radius 3 is 3.00 bits per heavy atom. The van der Waals surface area contributed by atoms with Crippen LogP contribution in [-0.4, -0.2) is 11.0 Å². The molecule has 0 bridgehead atoms. The molecule has 0 saturated carbocycles. The number of rotatable bonds is 2. The van der Waals surface area contributed by atoms with Gasteiger partial charge in [-0.2, -0.15) is 5.26 Å². The van der Waals surface area contributed by atoms with E-state index in [0.29, 0.717) is 17.0 Å². The Morgan fingerprint density at radius 2 is 2.28 bits per heavy atom. The molecular formula is C18H16IN3OS2. The lowest BCUT2D eigenvalue weighted by atomic mass is 9.89. The first-order chi connectivity index (χ1) is 12.0. The van der Waals surface area contributed by atoms with Gasteiger partial charge in [-0.3, -0.25) is 10.1 Å². The molecule has 2 N–H and O–H groups in total. The molecule has 3 rings (SSSR count). The number of hydrogen-bond donors (Lipinski definition) is 2. The molecule has 128 valence electrons. The second-order valence-corrected chi connectivity index (χ2v) is 8.85. The van der Waals surface area contributed by atoms with Crippen molar-refractivity contribution in [3.63, 3.8) is 0 Å². The Morgan fingerprint density at radius 1 is 1.48 bits per heavy atom. The van der Waals surface area contributed by atoms with Gasteiger partial charge in [0, 0.05) is 14.0 Å². The molecule has 1 aromatic heterocycles. The zero-order chi connectivity index (χ0) is 18.0. The topological polar surface area (TPSA) is 64.9 Å². The van der Waals surface area contributed by atoms with E-state index < -0.39 is 0 Å². The third-order valence-electron chi connectivity index (χ3n) is 4.16. The highest BCUT2D eigenvalue weighted by Gasteiger charge is 2.24. The summed E-state index contributed by atoms with van der Waals surface area (Å²) >= 11 is 9.00. The zero-order valence-corrected chi connectivity index (χ0v) is 17.3. The largest absolute Gasteiger partial charge is 0.323 e. The molecule has 0 radical (unpaired) electrons. The van der Waals surface area contributed by atoms with Crippen LogP contribution in [0.1, 0.15) is 39.7 Å². The van der Waals surface area contributed by atoms with Crippen molar-refractivity contribution in [2.75, 3.05) is 5.32 Å². The fraction of sp³-hybridized carbons (Fsp3) is 0.278. The normalized spacial score (nSPS) is 15.8. The van der Waals surface area contributed by atoms with Crippen LogP contribution in [0.4, 0.5) is 5.00 Å². The summed E-state index contributed by atoms with van der Waals surface area (Å²) in [6.45, 7) is 2.23. The van der Waals surface area contributed by atoms with Crippen molar-refractivity contribution in [3.8, 4) is 6.07 Å². The molecular weight excluding hydrogens is 465 g/mol. The molecule has 7 heteroatoms. The highest BCUT2D eigenvalue weighted by atomic mass is 127. The van der Waals surface area contributed by atoms with E-state index >= 15 is 0 Å². The molecule has 0 fully saturated rings. The van der Waals surface area contributed by atoms with Crippen LogP contribution < -0.4 is 10.6 Å². The lowest BCUT2D eigenvalue weighted by molar-refractivity contribution is 0.0977. The number of thiocarbonyl (C=S) groups is 1. The van der Waals surface area contributed by atoms with Crippen LogP contribution in [-0.2, 0) is 12.8 Å². The Hall–Kier alpha value is -1.50. The summed E-state index contributed by atoms with van der Waals surface area (Å²) in [7, 11) is 0. The molecule has 0 saturated heterocycles. The molecule has 1 aliphatic rings. The Bertz CT molecular complexity index is 885. The van der Waals surface area contributed by atoms with Gasteiger partial charge in [-0.15, -0.1) is 11.3 Å². The lowest BCUT2D eigenvalue weighted by Gasteiger charge is -2.17. The van der Waals surface area contributed by atoms with Crippen LogP contribution >= 0.6 is 46.1 Å². The van der Waals surface area contributed by atoms with Crippen molar-refractivity contribution in [1.29, 1.82) is 5.26 Å². The van der Waals surface area contributed by atoms with E-state index in [0.717, 1.165) is 33.4 Å². The summed E-state index contributed by atoms with van der Waals surface area (Å²) < 4.78 is 0.982. The number of nitriles is 1. The second-order valence-electron chi connectivity index (χ2n) is 6.09. The maximum absolute atomic E-state index is 12.3. The Balaban J connectivity index is 1.73. The second kappa shape index (κ2) is 7.81. The van der Waals surface area contributed by atoms with Gasteiger partial charge in [-0.25, -0.2) is 0 Å². The van der Waals surface area contributed by atoms with Crippen LogP contribution in [0, 0.1) is 20.8 Å². The first-order valence-electron chi connectivity index (χ1n) is 7.90. The number of thiophene rings is 1. The number of amides is 1. The summed E-state index contributed by atoms with van der Waals surface area (Å²) in [4.78, 5) is 13.5. The average Bonchev–Trinajstić information content (AvgIpc) is 2.90. The van der Waals surface area contributed by atoms with E-state index in [1.165, 1.54) is 4.88 Å². The smallest absolute Gasteiger partial charge is 0.257 e. The summed E-state index contributed by atoms with van der Waals surface area (Å²) in [5.41, 5.74) is 2.36. The minimum absolute atomic E-state index is 0.215. The number of nitrogens with one attached hydrogen (secondary N) is 2. The van der Waals surface area contributed by atoms with E-state index in [9.17, 15) is 10.1 Å². The molecule has 1 aliphatic carbocycles. The Labute approximate surface area is 169 Å². The van der Waals surface area contributed by atoms with Gasteiger partial charge in [0.25, 0.3) is 5.91 Å². The van der Waals surface area contributed by atoms with Crippen LogP contribution in [0.25, 0.3) is 0 Å². The number of carbonyl (C=O) groups is 1. The molecule has 1 aromatic carbocycles. The molecule has 2 aromatic rings. The van der Waals surface area contributed by atoms with Gasteiger partial charge >= 0.3 is 0 Å². The van der Waals surface area contributed by atoms with Crippen LogP contribution in [0.15, 0.2) is 24.3 Å². The lowest BCUT2D eigenvalue weighted by Crippen LogP contribution is -2.34. The van der Waals surface area contributed by atoms with Crippen LogP contribution in [0.2, 0.25) is 0 Å². The summed E-state index contributed by atoms with van der Waals surface area (Å²) in [6, 6.07) is 9.58. The number of halogens is 1. The first-order valence-corrected chi connectivity index (χ1v) is 10.2. The fourth-order valence-electron chi connectivity index (χ4n) is 2.90. The van der Waals surface area contributed by atoms with E-state index in [1.807, 2.05) is 12.1 Å². The highest BCUT2D eigenvalue weighted by Crippen LogP contribution is 2.39. The molecule has 1 amide bonds. The van der Waals surface area contributed by atoms with Crippen molar-refractivity contribution in [3.05, 3.63) is 49.4 Å².